The maximum absolute atomic E-state index is 10.5. The third-order valence-corrected chi connectivity index (χ3v) is 2.31. The zero-order chi connectivity index (χ0) is 11.3. The molecule has 0 unspecified atom stereocenters. The van der Waals surface area contributed by atoms with Gasteiger partial charge in [0.15, 0.2) is 0 Å². The monoisotopic (exact) mass is 266 g/mol. The summed E-state index contributed by atoms with van der Waals surface area (Å²) >= 11 is 3.16. The van der Waals surface area contributed by atoms with Gasteiger partial charge >= 0.3 is 0 Å². The summed E-state index contributed by atoms with van der Waals surface area (Å²) in [6.07, 6.45) is 1.61. The number of non-ortho nitro benzene ring substituents is 1. The van der Waals surface area contributed by atoms with E-state index in [0.29, 0.717) is 16.5 Å². The number of nitrogens with zero attached hydrogens (tertiary/aromatic N) is 2. The molecule has 1 aromatic rings. The number of benzene rings is 1. The lowest BCUT2D eigenvalue weighted by Gasteiger charge is -1.95. The largest absolute Gasteiger partial charge is 0.270 e. The Labute approximate surface area is 95.1 Å². The zero-order valence-electron chi connectivity index (χ0n) is 7.68. The van der Waals surface area contributed by atoms with Gasteiger partial charge in [0.1, 0.15) is 0 Å². The van der Waals surface area contributed by atoms with E-state index in [9.17, 15) is 10.1 Å². The molecule has 0 bridgehead atoms. The van der Waals surface area contributed by atoms with Gasteiger partial charge in [0.2, 0.25) is 0 Å². The van der Waals surface area contributed by atoms with Crippen molar-refractivity contribution in [3.8, 4) is 6.07 Å². The molecular weight excluding hydrogens is 260 g/mol. The fourth-order valence-electron chi connectivity index (χ4n) is 1.03. The van der Waals surface area contributed by atoms with Crippen molar-refractivity contribution < 1.29 is 4.92 Å². The Bertz CT molecular complexity index is 449. The van der Waals surface area contributed by atoms with Crippen LogP contribution in [0.5, 0.6) is 0 Å². The van der Waals surface area contributed by atoms with E-state index in [4.69, 9.17) is 5.26 Å². The second kappa shape index (κ2) is 5.27. The summed E-state index contributed by atoms with van der Waals surface area (Å²) in [7, 11) is 0. The van der Waals surface area contributed by atoms with Crippen LogP contribution in [0.15, 0.2) is 29.8 Å². The summed E-state index contributed by atoms with van der Waals surface area (Å²) in [4.78, 5) is 10.0. The van der Waals surface area contributed by atoms with Crippen molar-refractivity contribution in [3.63, 3.8) is 0 Å². The molecule has 1 aromatic carbocycles. The smallest absolute Gasteiger partial charge is 0.258 e. The van der Waals surface area contributed by atoms with E-state index in [1.807, 2.05) is 6.07 Å². The minimum Gasteiger partial charge on any atom is -0.258 e. The van der Waals surface area contributed by atoms with Gasteiger partial charge in [0.05, 0.1) is 11.0 Å². The van der Waals surface area contributed by atoms with Gasteiger partial charge in [-0.05, 0) is 11.6 Å². The van der Waals surface area contributed by atoms with E-state index >= 15 is 0 Å². The highest BCUT2D eigenvalue weighted by Crippen LogP contribution is 2.16. The van der Waals surface area contributed by atoms with Gasteiger partial charge in [-0.2, -0.15) is 5.26 Å². The average molecular weight is 267 g/mol. The Morgan fingerprint density at radius 3 is 2.93 bits per heavy atom. The maximum atomic E-state index is 10.5. The molecule has 15 heavy (non-hydrogen) atoms. The van der Waals surface area contributed by atoms with E-state index in [2.05, 4.69) is 15.9 Å². The van der Waals surface area contributed by atoms with Crippen LogP contribution in [0.1, 0.15) is 5.56 Å². The molecule has 4 nitrogen and oxygen atoms in total. The Hall–Kier alpha value is -1.67. The SMILES string of the molecule is N#C/C(=C/c1cccc([N+](=O)[O-])c1)CBr. The molecule has 76 valence electrons. The fraction of sp³-hybridized carbons (Fsp3) is 0.100. The van der Waals surface area contributed by atoms with Gasteiger partial charge < -0.3 is 0 Å². The molecule has 0 fully saturated rings. The second-order valence-electron chi connectivity index (χ2n) is 2.77. The molecule has 0 N–H and O–H groups in total. The number of hydrogen-bond acceptors (Lipinski definition) is 3. The lowest BCUT2D eigenvalue weighted by Crippen LogP contribution is -1.88. The molecule has 0 radical (unpaired) electrons. The summed E-state index contributed by atoms with van der Waals surface area (Å²) in [5.41, 5.74) is 1.20. The standard InChI is InChI=1S/C10H7BrN2O2/c11-6-9(7-12)4-8-2-1-3-10(5-8)13(14)15/h1-5H,6H2/b9-4+. The third-order valence-electron chi connectivity index (χ3n) is 1.71. The van der Waals surface area contributed by atoms with E-state index in [-0.39, 0.29) is 5.69 Å². The molecular formula is C10H7BrN2O2. The van der Waals surface area contributed by atoms with Crippen LogP contribution < -0.4 is 0 Å². The Balaban J connectivity index is 3.07. The lowest BCUT2D eigenvalue weighted by molar-refractivity contribution is -0.384. The van der Waals surface area contributed by atoms with Crippen LogP contribution in [0, 0.1) is 21.4 Å². The summed E-state index contributed by atoms with van der Waals surface area (Å²) in [5.74, 6) is 0. The number of alkyl halides is 1. The second-order valence-corrected chi connectivity index (χ2v) is 3.33. The predicted octanol–water partition coefficient (Wildman–Crippen LogP) is 2.90. The number of nitro benzene ring substituents is 1. The molecule has 1 rings (SSSR count). The van der Waals surface area contributed by atoms with Gasteiger partial charge in [-0.1, -0.05) is 28.1 Å². The third kappa shape index (κ3) is 3.18. The van der Waals surface area contributed by atoms with Crippen molar-refractivity contribution in [1.29, 1.82) is 5.26 Å². The van der Waals surface area contributed by atoms with Crippen molar-refractivity contribution in [2.75, 3.05) is 5.33 Å². The molecule has 0 spiro atoms. The van der Waals surface area contributed by atoms with Crippen molar-refractivity contribution in [3.05, 3.63) is 45.5 Å². The van der Waals surface area contributed by atoms with Crippen molar-refractivity contribution in [2.24, 2.45) is 0 Å². The van der Waals surface area contributed by atoms with Gasteiger partial charge in [-0.3, -0.25) is 10.1 Å². The minimum atomic E-state index is -0.461. The fourth-order valence-corrected chi connectivity index (χ4v) is 1.32. The number of rotatable bonds is 3. The first kappa shape index (κ1) is 11.4. The van der Waals surface area contributed by atoms with Gasteiger partial charge in [-0.25, -0.2) is 0 Å². The van der Waals surface area contributed by atoms with Gasteiger partial charge in [-0.15, -0.1) is 0 Å². The lowest BCUT2D eigenvalue weighted by atomic mass is 10.1. The Morgan fingerprint density at radius 2 is 2.40 bits per heavy atom. The van der Waals surface area contributed by atoms with Crippen LogP contribution in [0.4, 0.5) is 5.69 Å². The van der Waals surface area contributed by atoms with Crippen molar-refractivity contribution in [2.45, 2.75) is 0 Å². The molecule has 0 saturated carbocycles. The molecule has 0 amide bonds. The highest BCUT2D eigenvalue weighted by molar-refractivity contribution is 9.09. The van der Waals surface area contributed by atoms with Crippen molar-refractivity contribution in [1.82, 2.24) is 0 Å². The summed E-state index contributed by atoms with van der Waals surface area (Å²) in [6.45, 7) is 0. The molecule has 0 aliphatic carbocycles. The molecule has 0 aliphatic heterocycles. The Kier molecular flexibility index (Phi) is 4.01. The normalized spacial score (nSPS) is 10.8. The van der Waals surface area contributed by atoms with E-state index in [1.54, 1.807) is 18.2 Å². The van der Waals surface area contributed by atoms with Crippen molar-refractivity contribution >= 4 is 27.7 Å². The predicted molar refractivity (Wildman–Crippen MR) is 60.5 cm³/mol. The molecule has 0 aliphatic rings. The van der Waals surface area contributed by atoms with Crippen LogP contribution in [-0.4, -0.2) is 10.3 Å². The molecule has 0 atom stereocenters. The summed E-state index contributed by atoms with van der Waals surface area (Å²) in [6, 6.07) is 8.14. The van der Waals surface area contributed by atoms with E-state index in [0.717, 1.165) is 0 Å². The van der Waals surface area contributed by atoms with Crippen LogP contribution in [-0.2, 0) is 0 Å². The first-order chi connectivity index (χ1) is 7.17. The number of nitro groups is 1. The molecule has 0 aromatic heterocycles. The van der Waals surface area contributed by atoms with Crippen LogP contribution in [0.2, 0.25) is 0 Å². The molecule has 5 heteroatoms. The highest BCUT2D eigenvalue weighted by Gasteiger charge is 2.04. The number of allylic oxidation sites excluding steroid dienone is 1. The van der Waals surface area contributed by atoms with Crippen LogP contribution >= 0.6 is 15.9 Å². The summed E-state index contributed by atoms with van der Waals surface area (Å²) < 4.78 is 0. The maximum Gasteiger partial charge on any atom is 0.270 e. The Morgan fingerprint density at radius 1 is 1.67 bits per heavy atom. The van der Waals surface area contributed by atoms with E-state index in [1.165, 1.54) is 12.1 Å². The van der Waals surface area contributed by atoms with Gasteiger partial charge in [0.25, 0.3) is 5.69 Å². The van der Waals surface area contributed by atoms with Crippen LogP contribution in [0.25, 0.3) is 6.08 Å². The van der Waals surface area contributed by atoms with E-state index < -0.39 is 4.92 Å². The molecule has 0 saturated heterocycles. The molecule has 0 heterocycles. The quantitative estimate of drug-likeness (QED) is 0.366. The highest BCUT2D eigenvalue weighted by atomic mass is 79.9. The number of hydrogen-bond donors (Lipinski definition) is 0. The topological polar surface area (TPSA) is 66.9 Å². The minimum absolute atomic E-state index is 0.0237. The van der Waals surface area contributed by atoms with Crippen LogP contribution in [0.3, 0.4) is 0 Å². The zero-order valence-corrected chi connectivity index (χ0v) is 9.27. The first-order valence-corrected chi connectivity index (χ1v) is 5.20. The van der Waals surface area contributed by atoms with Gasteiger partial charge in [0, 0.05) is 23.0 Å². The average Bonchev–Trinajstić information content (AvgIpc) is 2.26. The summed E-state index contributed by atoms with van der Waals surface area (Å²) in [5, 5.41) is 19.6. The number of halogens is 1. The first-order valence-electron chi connectivity index (χ1n) is 4.08. The number of nitriles is 1.